The fourth-order valence-corrected chi connectivity index (χ4v) is 2.18. The summed E-state index contributed by atoms with van der Waals surface area (Å²) in [7, 11) is 0. The standard InChI is InChI=1S/C15H12O/c16-15-13-9-5-4-8-12(13)10-14(15)11-6-2-1-3-7-11/h1-10,15-16H. The first-order valence-corrected chi connectivity index (χ1v) is 5.40. The van der Waals surface area contributed by atoms with Crippen LogP contribution in [0.1, 0.15) is 22.8 Å². The van der Waals surface area contributed by atoms with Crippen molar-refractivity contribution in [2.75, 3.05) is 0 Å². The van der Waals surface area contributed by atoms with Crippen molar-refractivity contribution in [3.63, 3.8) is 0 Å². The maximum absolute atomic E-state index is 10.2. The van der Waals surface area contributed by atoms with E-state index in [1.807, 2.05) is 54.6 Å². The molecule has 2 aromatic rings. The van der Waals surface area contributed by atoms with Gasteiger partial charge in [-0.25, -0.2) is 0 Å². The Labute approximate surface area is 94.7 Å². The highest BCUT2D eigenvalue weighted by molar-refractivity contribution is 5.90. The highest BCUT2D eigenvalue weighted by Crippen LogP contribution is 2.39. The number of aliphatic hydroxyl groups excluding tert-OH is 1. The van der Waals surface area contributed by atoms with Crippen molar-refractivity contribution in [1.82, 2.24) is 0 Å². The molecule has 1 unspecified atom stereocenters. The van der Waals surface area contributed by atoms with Crippen molar-refractivity contribution >= 4 is 11.6 Å². The molecule has 0 saturated heterocycles. The third-order valence-electron chi connectivity index (χ3n) is 3.00. The number of hydrogen-bond acceptors (Lipinski definition) is 1. The van der Waals surface area contributed by atoms with E-state index in [9.17, 15) is 5.11 Å². The molecule has 2 aromatic carbocycles. The lowest BCUT2D eigenvalue weighted by atomic mass is 10.0. The van der Waals surface area contributed by atoms with E-state index in [4.69, 9.17) is 0 Å². The molecule has 3 rings (SSSR count). The Morgan fingerprint density at radius 2 is 1.50 bits per heavy atom. The Bertz CT molecular complexity index is 540. The van der Waals surface area contributed by atoms with Crippen LogP contribution >= 0.6 is 0 Å². The van der Waals surface area contributed by atoms with Gasteiger partial charge in [0.05, 0.1) is 0 Å². The highest BCUT2D eigenvalue weighted by Gasteiger charge is 2.23. The van der Waals surface area contributed by atoms with E-state index < -0.39 is 6.10 Å². The predicted octanol–water partition coefficient (Wildman–Crippen LogP) is 3.27. The van der Waals surface area contributed by atoms with Gasteiger partial charge in [0.25, 0.3) is 0 Å². The van der Waals surface area contributed by atoms with E-state index in [-0.39, 0.29) is 0 Å². The molecule has 0 saturated carbocycles. The fourth-order valence-electron chi connectivity index (χ4n) is 2.18. The van der Waals surface area contributed by atoms with E-state index in [1.54, 1.807) is 0 Å². The molecule has 0 bridgehead atoms. The van der Waals surface area contributed by atoms with Crippen LogP contribution in [0.2, 0.25) is 0 Å². The number of benzene rings is 2. The van der Waals surface area contributed by atoms with E-state index in [2.05, 4.69) is 6.08 Å². The third kappa shape index (κ3) is 1.37. The molecule has 78 valence electrons. The van der Waals surface area contributed by atoms with Gasteiger partial charge in [0.1, 0.15) is 6.10 Å². The van der Waals surface area contributed by atoms with E-state index >= 15 is 0 Å². The number of rotatable bonds is 1. The predicted molar refractivity (Wildman–Crippen MR) is 65.7 cm³/mol. The molecule has 16 heavy (non-hydrogen) atoms. The van der Waals surface area contributed by atoms with Gasteiger partial charge >= 0.3 is 0 Å². The topological polar surface area (TPSA) is 20.2 Å². The molecule has 0 radical (unpaired) electrons. The summed E-state index contributed by atoms with van der Waals surface area (Å²) < 4.78 is 0. The van der Waals surface area contributed by atoms with Crippen LogP contribution in [0, 0.1) is 0 Å². The third-order valence-corrected chi connectivity index (χ3v) is 3.00. The SMILES string of the molecule is OC1C(c2ccccc2)=Cc2ccccc21. The summed E-state index contributed by atoms with van der Waals surface area (Å²) in [6.45, 7) is 0. The second kappa shape index (κ2) is 3.62. The van der Waals surface area contributed by atoms with Gasteiger partial charge in [0.15, 0.2) is 0 Å². The molecule has 1 atom stereocenters. The lowest BCUT2D eigenvalue weighted by molar-refractivity contribution is 0.241. The molecule has 0 fully saturated rings. The normalized spacial score (nSPS) is 18.1. The van der Waals surface area contributed by atoms with Crippen molar-refractivity contribution < 1.29 is 5.11 Å². The molecular formula is C15H12O. The van der Waals surface area contributed by atoms with E-state index in [0.717, 1.165) is 22.3 Å². The zero-order valence-electron chi connectivity index (χ0n) is 8.80. The molecule has 0 aromatic heterocycles. The summed E-state index contributed by atoms with van der Waals surface area (Å²) in [6.07, 6.45) is 1.58. The average Bonchev–Trinajstić information content (AvgIpc) is 2.69. The van der Waals surface area contributed by atoms with Crippen molar-refractivity contribution in [1.29, 1.82) is 0 Å². The van der Waals surface area contributed by atoms with Gasteiger partial charge in [-0.15, -0.1) is 0 Å². The van der Waals surface area contributed by atoms with Crippen molar-refractivity contribution in [2.45, 2.75) is 6.10 Å². The molecule has 1 aliphatic carbocycles. The molecule has 1 N–H and O–H groups in total. The first-order valence-electron chi connectivity index (χ1n) is 5.40. The van der Waals surface area contributed by atoms with Crippen molar-refractivity contribution in [2.24, 2.45) is 0 Å². The quantitative estimate of drug-likeness (QED) is 0.762. The second-order valence-corrected chi connectivity index (χ2v) is 4.00. The Kier molecular flexibility index (Phi) is 2.12. The molecule has 1 aliphatic rings. The summed E-state index contributed by atoms with van der Waals surface area (Å²) in [5, 5.41) is 10.2. The minimum absolute atomic E-state index is 0.487. The van der Waals surface area contributed by atoms with Crippen LogP contribution < -0.4 is 0 Å². The van der Waals surface area contributed by atoms with Crippen LogP contribution in [0.15, 0.2) is 54.6 Å². The minimum atomic E-state index is -0.487. The highest BCUT2D eigenvalue weighted by atomic mass is 16.3. The molecule has 0 heterocycles. The molecule has 1 nitrogen and oxygen atoms in total. The maximum atomic E-state index is 10.2. The smallest absolute Gasteiger partial charge is 0.105 e. The van der Waals surface area contributed by atoms with Gasteiger partial charge in [-0.05, 0) is 28.3 Å². The van der Waals surface area contributed by atoms with E-state index in [0.29, 0.717) is 0 Å². The average molecular weight is 208 g/mol. The maximum Gasteiger partial charge on any atom is 0.105 e. The Morgan fingerprint density at radius 1 is 0.812 bits per heavy atom. The number of fused-ring (bicyclic) bond motifs is 1. The van der Waals surface area contributed by atoms with Crippen molar-refractivity contribution in [3.8, 4) is 0 Å². The molecule has 1 heteroatoms. The lowest BCUT2D eigenvalue weighted by Gasteiger charge is -2.09. The van der Waals surface area contributed by atoms with Gasteiger partial charge < -0.3 is 5.11 Å². The first-order chi connectivity index (χ1) is 7.86. The Balaban J connectivity index is 2.09. The van der Waals surface area contributed by atoms with Gasteiger partial charge in [0.2, 0.25) is 0 Å². The molecule has 0 spiro atoms. The second-order valence-electron chi connectivity index (χ2n) is 4.00. The lowest BCUT2D eigenvalue weighted by Crippen LogP contribution is -1.96. The molecule has 0 aliphatic heterocycles. The van der Waals surface area contributed by atoms with Gasteiger partial charge in [-0.1, -0.05) is 54.6 Å². The van der Waals surface area contributed by atoms with Gasteiger partial charge in [0, 0.05) is 0 Å². The van der Waals surface area contributed by atoms with Crippen LogP contribution in [0.5, 0.6) is 0 Å². The van der Waals surface area contributed by atoms with Crippen LogP contribution in [0.3, 0.4) is 0 Å². The Hall–Kier alpha value is -1.86. The largest absolute Gasteiger partial charge is 0.384 e. The molecular weight excluding hydrogens is 196 g/mol. The van der Waals surface area contributed by atoms with Gasteiger partial charge in [-0.2, -0.15) is 0 Å². The number of hydrogen-bond donors (Lipinski definition) is 1. The van der Waals surface area contributed by atoms with Crippen LogP contribution in [-0.2, 0) is 0 Å². The van der Waals surface area contributed by atoms with E-state index in [1.165, 1.54) is 0 Å². The fraction of sp³-hybridized carbons (Fsp3) is 0.0667. The summed E-state index contributed by atoms with van der Waals surface area (Å²) >= 11 is 0. The summed E-state index contributed by atoms with van der Waals surface area (Å²) in [5.74, 6) is 0. The zero-order chi connectivity index (χ0) is 11.0. The number of aliphatic hydroxyl groups is 1. The monoisotopic (exact) mass is 208 g/mol. The minimum Gasteiger partial charge on any atom is -0.384 e. The van der Waals surface area contributed by atoms with Crippen LogP contribution in [0.25, 0.3) is 11.6 Å². The van der Waals surface area contributed by atoms with Crippen LogP contribution in [-0.4, -0.2) is 5.11 Å². The van der Waals surface area contributed by atoms with Crippen molar-refractivity contribution in [3.05, 3.63) is 71.3 Å². The van der Waals surface area contributed by atoms with Crippen LogP contribution in [0.4, 0.5) is 0 Å². The zero-order valence-corrected chi connectivity index (χ0v) is 8.80. The van der Waals surface area contributed by atoms with Gasteiger partial charge in [-0.3, -0.25) is 0 Å². The first kappa shape index (κ1) is 9.37. The Morgan fingerprint density at radius 3 is 2.25 bits per heavy atom. The summed E-state index contributed by atoms with van der Waals surface area (Å²) in [5.41, 5.74) is 4.20. The molecule has 0 amide bonds. The summed E-state index contributed by atoms with van der Waals surface area (Å²) in [4.78, 5) is 0. The summed E-state index contributed by atoms with van der Waals surface area (Å²) in [6, 6.07) is 18.0.